The van der Waals surface area contributed by atoms with Crippen molar-refractivity contribution < 1.29 is 0 Å². The highest BCUT2D eigenvalue weighted by Gasteiger charge is 2.54. The van der Waals surface area contributed by atoms with E-state index in [-0.39, 0.29) is 5.41 Å². The van der Waals surface area contributed by atoms with Gasteiger partial charge in [0, 0.05) is 32.9 Å². The molecule has 0 unspecified atom stereocenters. The molecule has 0 aliphatic heterocycles. The number of aromatic nitrogens is 3. The van der Waals surface area contributed by atoms with E-state index in [2.05, 4.69) is 219 Å². The molecule has 0 saturated heterocycles. The van der Waals surface area contributed by atoms with E-state index >= 15 is 0 Å². The fourth-order valence-electron chi connectivity index (χ4n) is 12.0. The Kier molecular flexibility index (Phi) is 6.83. The summed E-state index contributed by atoms with van der Waals surface area (Å²) in [4.78, 5) is 11.3. The van der Waals surface area contributed by atoms with E-state index in [0.29, 0.717) is 5.95 Å². The van der Waals surface area contributed by atoms with Crippen LogP contribution in [0.4, 0.5) is 0 Å². The number of benzene rings is 9. The molecule has 0 fully saturated rings. The molecule has 3 nitrogen and oxygen atoms in total. The number of hydrogen-bond acceptors (Lipinski definition) is 2. The second kappa shape index (κ2) is 12.4. The molecule has 3 aliphatic carbocycles. The summed E-state index contributed by atoms with van der Waals surface area (Å²) in [5, 5.41) is 4.90. The van der Waals surface area contributed by atoms with Gasteiger partial charge in [-0.15, -0.1) is 0 Å². The van der Waals surface area contributed by atoms with Gasteiger partial charge in [-0.3, -0.25) is 4.57 Å². The highest BCUT2D eigenvalue weighted by Crippen LogP contribution is 2.66. The minimum Gasteiger partial charge on any atom is -0.278 e. The number of rotatable bonds is 3. The smallest absolute Gasteiger partial charge is 0.235 e. The van der Waals surface area contributed by atoms with Crippen LogP contribution in [0.1, 0.15) is 47.2 Å². The molecule has 0 amide bonds. The number of hydrogen-bond donors (Lipinski definition) is 0. The van der Waals surface area contributed by atoms with Gasteiger partial charge in [0.2, 0.25) is 5.95 Å². The van der Waals surface area contributed by atoms with Crippen molar-refractivity contribution in [1.29, 1.82) is 0 Å². The summed E-state index contributed by atoms with van der Waals surface area (Å²) in [6.45, 7) is 4.69. The molecule has 0 N–H and O–H groups in total. The topological polar surface area (TPSA) is 30.7 Å². The lowest BCUT2D eigenvalue weighted by Crippen LogP contribution is -2.26. The van der Waals surface area contributed by atoms with Gasteiger partial charge < -0.3 is 0 Å². The molecule has 3 heteroatoms. The van der Waals surface area contributed by atoms with E-state index in [9.17, 15) is 0 Å². The van der Waals surface area contributed by atoms with Crippen LogP contribution >= 0.6 is 0 Å². The molecular formula is C60H39N3. The first-order chi connectivity index (χ1) is 31.0. The highest BCUT2D eigenvalue weighted by molar-refractivity contribution is 6.27. The minimum atomic E-state index is -0.589. The largest absolute Gasteiger partial charge is 0.278 e. The van der Waals surface area contributed by atoms with Gasteiger partial charge in [-0.05, 0) is 90.2 Å². The molecule has 11 aromatic rings. The Balaban J connectivity index is 1.15. The van der Waals surface area contributed by atoms with Gasteiger partial charge in [-0.1, -0.05) is 196 Å². The van der Waals surface area contributed by atoms with Crippen LogP contribution in [-0.4, -0.2) is 14.5 Å². The van der Waals surface area contributed by atoms with Crippen LogP contribution in [0.3, 0.4) is 0 Å². The maximum absolute atomic E-state index is 5.70. The van der Waals surface area contributed by atoms with Crippen LogP contribution < -0.4 is 0 Å². The molecular weight excluding hydrogens is 763 g/mol. The fourth-order valence-corrected chi connectivity index (χ4v) is 12.0. The highest BCUT2D eigenvalue weighted by atomic mass is 15.2. The second-order valence-electron chi connectivity index (χ2n) is 18.0. The normalized spacial score (nSPS) is 14.4. The lowest BCUT2D eigenvalue weighted by Gasteiger charge is -2.31. The molecule has 3 aliphatic rings. The molecule has 294 valence electrons. The van der Waals surface area contributed by atoms with Gasteiger partial charge in [0.25, 0.3) is 0 Å². The zero-order chi connectivity index (χ0) is 41.6. The summed E-state index contributed by atoms with van der Waals surface area (Å²) in [5.74, 6) is 0.656. The summed E-state index contributed by atoms with van der Waals surface area (Å²) >= 11 is 0. The third-order valence-electron chi connectivity index (χ3n) is 14.6. The average molecular weight is 802 g/mol. The summed E-state index contributed by atoms with van der Waals surface area (Å²) in [7, 11) is 0. The Labute approximate surface area is 365 Å². The zero-order valence-corrected chi connectivity index (χ0v) is 34.9. The molecule has 2 aromatic heterocycles. The van der Waals surface area contributed by atoms with Gasteiger partial charge >= 0.3 is 0 Å². The van der Waals surface area contributed by atoms with E-state index in [4.69, 9.17) is 9.97 Å². The van der Waals surface area contributed by atoms with Crippen molar-refractivity contribution in [2.24, 2.45) is 0 Å². The summed E-state index contributed by atoms with van der Waals surface area (Å²) < 4.78 is 2.41. The molecule has 0 radical (unpaired) electrons. The first-order valence-corrected chi connectivity index (χ1v) is 22.0. The van der Waals surface area contributed by atoms with E-state index in [1.807, 2.05) is 0 Å². The van der Waals surface area contributed by atoms with Crippen LogP contribution in [0.15, 0.2) is 200 Å². The molecule has 1 spiro atoms. The Morgan fingerprint density at radius 1 is 0.397 bits per heavy atom. The molecule has 2 heterocycles. The van der Waals surface area contributed by atoms with Gasteiger partial charge in [0.15, 0.2) is 0 Å². The van der Waals surface area contributed by atoms with Crippen molar-refractivity contribution in [3.05, 3.63) is 234 Å². The van der Waals surface area contributed by atoms with E-state index in [1.54, 1.807) is 0 Å². The van der Waals surface area contributed by atoms with Crippen molar-refractivity contribution in [3.63, 3.8) is 0 Å². The lowest BCUT2D eigenvalue weighted by molar-refractivity contribution is 0.660. The number of fused-ring (bicyclic) bond motifs is 20. The molecule has 0 bridgehead atoms. The van der Waals surface area contributed by atoms with Crippen molar-refractivity contribution in [1.82, 2.24) is 14.5 Å². The maximum Gasteiger partial charge on any atom is 0.235 e. The van der Waals surface area contributed by atoms with Crippen LogP contribution in [0.2, 0.25) is 0 Å². The average Bonchev–Trinajstić information content (AvgIpc) is 4.02. The molecule has 0 saturated carbocycles. The van der Waals surface area contributed by atoms with Crippen LogP contribution in [0, 0.1) is 0 Å². The van der Waals surface area contributed by atoms with Gasteiger partial charge in [0.05, 0.1) is 27.8 Å². The van der Waals surface area contributed by atoms with Crippen molar-refractivity contribution in [3.8, 4) is 61.8 Å². The summed E-state index contributed by atoms with van der Waals surface area (Å²) in [6, 6.07) is 73.8. The molecule has 63 heavy (non-hydrogen) atoms. The van der Waals surface area contributed by atoms with E-state index in [1.165, 1.54) is 88.3 Å². The Hall–Kier alpha value is -7.88. The van der Waals surface area contributed by atoms with Gasteiger partial charge in [0.1, 0.15) is 0 Å². The molecule has 14 rings (SSSR count). The summed E-state index contributed by atoms with van der Waals surface area (Å²) in [6.07, 6.45) is 0. The maximum atomic E-state index is 5.70. The van der Waals surface area contributed by atoms with Crippen molar-refractivity contribution in [2.75, 3.05) is 0 Å². The van der Waals surface area contributed by atoms with Crippen molar-refractivity contribution >= 4 is 32.6 Å². The van der Waals surface area contributed by atoms with Gasteiger partial charge in [-0.25, -0.2) is 9.97 Å². The Morgan fingerprint density at radius 3 is 1.60 bits per heavy atom. The molecule has 0 atom stereocenters. The van der Waals surface area contributed by atoms with Crippen LogP contribution in [0.5, 0.6) is 0 Å². The fraction of sp³-hybridized carbons (Fsp3) is 0.0667. The predicted octanol–water partition coefficient (Wildman–Crippen LogP) is 14.7. The Morgan fingerprint density at radius 2 is 0.905 bits per heavy atom. The minimum absolute atomic E-state index is 0.147. The molecule has 9 aromatic carbocycles. The number of nitrogens with zero attached hydrogens (tertiary/aromatic N) is 3. The number of para-hydroxylation sites is 1. The third-order valence-corrected chi connectivity index (χ3v) is 14.6. The monoisotopic (exact) mass is 801 g/mol. The standard InChI is InChI=1S/C60H39N3/c1-59(2)46-27-13-8-20-38(46)41-33-32-37(34-50(41)59)52-35-51(36-18-4-3-5-19-36)61-58(62-52)63-53-31-17-12-26-45(53)55-43-24-7-6-23-42(43)54-44-25-11-16-30-49(44)60(56(54)57(55)63)47-28-14-9-21-39(47)40-22-10-15-29-48(40)60/h3-35H,1-2H3. The van der Waals surface area contributed by atoms with E-state index < -0.39 is 5.41 Å². The van der Waals surface area contributed by atoms with Crippen LogP contribution in [-0.2, 0) is 10.8 Å². The SMILES string of the molecule is CC1(C)c2ccccc2-c2ccc(-c3cc(-c4ccccc4)nc(-n4c5ccccc5c5c6ccccc6c6c(c54)C4(c5ccccc5-c5ccccc54)c4ccccc4-6)n3)cc21. The van der Waals surface area contributed by atoms with Gasteiger partial charge in [-0.2, -0.15) is 0 Å². The third kappa shape index (κ3) is 4.38. The summed E-state index contributed by atoms with van der Waals surface area (Å²) in [5.41, 5.74) is 21.0. The van der Waals surface area contributed by atoms with Crippen molar-refractivity contribution in [2.45, 2.75) is 24.7 Å². The first-order valence-electron chi connectivity index (χ1n) is 22.0. The second-order valence-corrected chi connectivity index (χ2v) is 18.0. The quantitative estimate of drug-likeness (QED) is 0.178. The predicted molar refractivity (Wildman–Crippen MR) is 259 cm³/mol. The van der Waals surface area contributed by atoms with Crippen LogP contribution in [0.25, 0.3) is 94.4 Å². The van der Waals surface area contributed by atoms with E-state index in [0.717, 1.165) is 33.5 Å². The lowest BCUT2D eigenvalue weighted by atomic mass is 9.70. The first kappa shape index (κ1) is 34.8. The Bertz CT molecular complexity index is 3730. The zero-order valence-electron chi connectivity index (χ0n) is 34.9.